The summed E-state index contributed by atoms with van der Waals surface area (Å²) in [6.45, 7) is 5.56. The minimum atomic E-state index is 0.705. The van der Waals surface area contributed by atoms with Crippen LogP contribution in [0.25, 0.3) is 11.4 Å². The van der Waals surface area contributed by atoms with Crippen molar-refractivity contribution in [1.29, 1.82) is 0 Å². The van der Waals surface area contributed by atoms with Crippen LogP contribution in [0.4, 0.5) is 0 Å². The maximum Gasteiger partial charge on any atom is 0.202 e. The monoisotopic (exact) mass is 337 g/mol. The number of hydrogen-bond acceptors (Lipinski definition) is 2. The van der Waals surface area contributed by atoms with Crippen LogP contribution < -0.4 is 4.90 Å². The van der Waals surface area contributed by atoms with Crippen LogP contribution in [-0.2, 0) is 13.7 Å². The van der Waals surface area contributed by atoms with Gasteiger partial charge in [-0.05, 0) is 43.1 Å². The molecule has 1 saturated heterocycles. The van der Waals surface area contributed by atoms with Gasteiger partial charge in [-0.3, -0.25) is 0 Å². The lowest BCUT2D eigenvalue weighted by atomic mass is 10.00. The van der Waals surface area contributed by atoms with Crippen LogP contribution in [0.15, 0.2) is 24.3 Å². The Morgan fingerprint density at radius 2 is 2.00 bits per heavy atom. The van der Waals surface area contributed by atoms with Gasteiger partial charge in [0.05, 0.1) is 18.1 Å². The molecule has 0 amide bonds. The van der Waals surface area contributed by atoms with Gasteiger partial charge in [-0.25, -0.2) is 0 Å². The average molecular weight is 338 g/mol. The smallest absolute Gasteiger partial charge is 0.202 e. The number of nitrogens with zero attached hydrogens (tertiary/aromatic N) is 3. The van der Waals surface area contributed by atoms with E-state index >= 15 is 0 Å². The zero-order chi connectivity index (χ0) is 15.7. The van der Waals surface area contributed by atoms with Crippen molar-refractivity contribution in [3.05, 3.63) is 34.1 Å². The van der Waals surface area contributed by atoms with Crippen LogP contribution in [-0.4, -0.2) is 27.4 Å². The van der Waals surface area contributed by atoms with Crippen molar-refractivity contribution in [2.24, 2.45) is 13.0 Å². The normalized spacial score (nSPS) is 22.0. The molecule has 1 fully saturated rings. The summed E-state index contributed by atoms with van der Waals surface area (Å²) < 4.78 is 4.64. The predicted octanol–water partition coefficient (Wildman–Crippen LogP) is 2.54. The third-order valence-electron chi connectivity index (χ3n) is 4.51. The molecule has 0 saturated carbocycles. The molecule has 1 aromatic heterocycles. The minimum absolute atomic E-state index is 0.705. The molecule has 2 heterocycles. The first-order chi connectivity index (χ1) is 10.6. The van der Waals surface area contributed by atoms with E-state index in [2.05, 4.69) is 6.92 Å². The molecule has 0 radical (unpaired) electrons. The van der Waals surface area contributed by atoms with Gasteiger partial charge in [-0.1, -0.05) is 30.7 Å². The highest BCUT2D eigenvalue weighted by atomic mass is 35.5. The number of rotatable bonds is 3. The Morgan fingerprint density at radius 1 is 1.32 bits per heavy atom. The van der Waals surface area contributed by atoms with E-state index in [1.807, 2.05) is 40.6 Å². The summed E-state index contributed by atoms with van der Waals surface area (Å²) in [6.07, 6.45) is 2.57. The lowest BCUT2D eigenvalue weighted by Gasteiger charge is -2.26. The molecule has 1 aliphatic rings. The van der Waals surface area contributed by atoms with E-state index in [-0.39, 0.29) is 0 Å². The van der Waals surface area contributed by atoms with Crippen molar-refractivity contribution in [2.45, 2.75) is 26.4 Å². The summed E-state index contributed by atoms with van der Waals surface area (Å²) in [5.74, 6) is 1.68. The molecular weight excluding hydrogens is 316 g/mol. The van der Waals surface area contributed by atoms with Gasteiger partial charge in [-0.15, -0.1) is 5.10 Å². The Hall–Kier alpha value is -1.17. The third-order valence-corrected chi connectivity index (χ3v) is 5.32. The standard InChI is InChI=1S/C16H21ClN4S/c1-12-7-9-20(10-8-12)11-21-16(22)19(2)15(18-21)13-5-3-4-6-14(13)17/h3-6,12H,7-11H2,1-2H3/p+1. The largest absolute Gasteiger partial charge is 0.316 e. The molecule has 3 rings (SSSR count). The first kappa shape index (κ1) is 15.7. The lowest BCUT2D eigenvalue weighted by molar-refractivity contribution is -0.929. The van der Waals surface area contributed by atoms with Crippen molar-refractivity contribution >= 4 is 23.8 Å². The second kappa shape index (κ2) is 6.52. The minimum Gasteiger partial charge on any atom is -0.316 e. The molecule has 0 aliphatic carbocycles. The van der Waals surface area contributed by atoms with Crippen molar-refractivity contribution in [3.8, 4) is 11.4 Å². The fourth-order valence-corrected chi connectivity index (χ4v) is 3.42. The molecule has 1 aliphatic heterocycles. The SMILES string of the molecule is CC1CC[NH+](Cn2nc(-c3ccccc3Cl)n(C)c2=S)CC1. The Labute approximate surface area is 141 Å². The Bertz CT molecular complexity index is 713. The quantitative estimate of drug-likeness (QED) is 0.871. The van der Waals surface area contributed by atoms with Gasteiger partial charge in [-0.2, -0.15) is 4.68 Å². The van der Waals surface area contributed by atoms with Crippen LogP contribution in [0.1, 0.15) is 19.8 Å². The number of likely N-dealkylation sites (tertiary alicyclic amines) is 1. The highest BCUT2D eigenvalue weighted by molar-refractivity contribution is 7.71. The fourth-order valence-electron chi connectivity index (χ4n) is 3.01. The summed E-state index contributed by atoms with van der Waals surface area (Å²) in [6, 6.07) is 7.77. The summed E-state index contributed by atoms with van der Waals surface area (Å²) in [4.78, 5) is 1.55. The zero-order valence-electron chi connectivity index (χ0n) is 13.1. The number of nitrogens with one attached hydrogen (secondary N) is 1. The van der Waals surface area contributed by atoms with E-state index in [1.165, 1.54) is 25.9 Å². The van der Waals surface area contributed by atoms with Crippen LogP contribution in [0.3, 0.4) is 0 Å². The molecule has 1 N–H and O–H groups in total. The Balaban J connectivity index is 1.87. The summed E-state index contributed by atoms with van der Waals surface area (Å²) >= 11 is 11.9. The Morgan fingerprint density at radius 3 is 2.68 bits per heavy atom. The zero-order valence-corrected chi connectivity index (χ0v) is 14.6. The van der Waals surface area contributed by atoms with Crippen molar-refractivity contribution in [2.75, 3.05) is 13.1 Å². The molecule has 6 heteroatoms. The van der Waals surface area contributed by atoms with Crippen molar-refractivity contribution < 1.29 is 4.90 Å². The van der Waals surface area contributed by atoms with E-state index in [1.54, 1.807) is 4.90 Å². The molecule has 0 unspecified atom stereocenters. The van der Waals surface area contributed by atoms with E-state index in [4.69, 9.17) is 28.9 Å². The molecule has 4 nitrogen and oxygen atoms in total. The van der Waals surface area contributed by atoms with E-state index in [0.717, 1.165) is 28.7 Å². The topological polar surface area (TPSA) is 27.2 Å². The van der Waals surface area contributed by atoms with Crippen molar-refractivity contribution in [3.63, 3.8) is 0 Å². The number of hydrogen-bond donors (Lipinski definition) is 1. The van der Waals surface area contributed by atoms with Gasteiger partial charge < -0.3 is 9.47 Å². The van der Waals surface area contributed by atoms with Gasteiger partial charge in [0.1, 0.15) is 0 Å². The third kappa shape index (κ3) is 3.12. The van der Waals surface area contributed by atoms with Crippen LogP contribution in [0.5, 0.6) is 0 Å². The fraction of sp³-hybridized carbons (Fsp3) is 0.500. The van der Waals surface area contributed by atoms with Crippen LogP contribution in [0.2, 0.25) is 5.02 Å². The number of quaternary nitrogens is 1. The lowest BCUT2D eigenvalue weighted by Crippen LogP contribution is -3.12. The molecule has 118 valence electrons. The van der Waals surface area contributed by atoms with Gasteiger partial charge in [0, 0.05) is 12.6 Å². The van der Waals surface area contributed by atoms with Gasteiger partial charge in [0.2, 0.25) is 4.77 Å². The van der Waals surface area contributed by atoms with E-state index in [9.17, 15) is 0 Å². The first-order valence-electron chi connectivity index (χ1n) is 7.78. The molecule has 0 bridgehead atoms. The summed E-state index contributed by atoms with van der Waals surface area (Å²) in [5, 5.41) is 5.43. The summed E-state index contributed by atoms with van der Waals surface area (Å²) in [7, 11) is 1.96. The van der Waals surface area contributed by atoms with E-state index in [0.29, 0.717) is 5.02 Å². The molecule has 22 heavy (non-hydrogen) atoms. The molecule has 1 aromatic carbocycles. The van der Waals surface area contributed by atoms with Crippen molar-refractivity contribution in [1.82, 2.24) is 14.3 Å². The Kier molecular flexibility index (Phi) is 4.66. The highest BCUT2D eigenvalue weighted by Gasteiger charge is 2.21. The molecule has 2 aromatic rings. The van der Waals surface area contributed by atoms with Gasteiger partial charge in [0.25, 0.3) is 0 Å². The second-order valence-electron chi connectivity index (χ2n) is 6.24. The highest BCUT2D eigenvalue weighted by Crippen LogP contribution is 2.25. The van der Waals surface area contributed by atoms with Gasteiger partial charge >= 0.3 is 0 Å². The molecular formula is C16H22ClN4S+. The maximum absolute atomic E-state index is 6.30. The average Bonchev–Trinajstić information content (AvgIpc) is 2.78. The summed E-state index contributed by atoms with van der Waals surface area (Å²) in [5.41, 5.74) is 0.929. The molecule has 0 atom stereocenters. The van der Waals surface area contributed by atoms with Crippen LogP contribution in [0, 0.1) is 10.7 Å². The number of piperidine rings is 1. The first-order valence-corrected chi connectivity index (χ1v) is 8.57. The number of halogens is 1. The predicted molar refractivity (Wildman–Crippen MR) is 91.6 cm³/mol. The van der Waals surface area contributed by atoms with E-state index < -0.39 is 0 Å². The van der Waals surface area contributed by atoms with Gasteiger partial charge in [0.15, 0.2) is 12.5 Å². The number of benzene rings is 1. The second-order valence-corrected chi connectivity index (χ2v) is 7.01. The number of aromatic nitrogens is 3. The van der Waals surface area contributed by atoms with Crippen LogP contribution >= 0.6 is 23.8 Å². The molecule has 0 spiro atoms. The maximum atomic E-state index is 6.30.